The largest absolute Gasteiger partial charge is 0.369 e. The molecule has 1 aliphatic heterocycles. The summed E-state index contributed by atoms with van der Waals surface area (Å²) in [5, 5.41) is 7.48. The van der Waals surface area contributed by atoms with Gasteiger partial charge in [-0.05, 0) is 71.5 Å². The molecule has 0 aromatic heterocycles. The van der Waals surface area contributed by atoms with Crippen LogP contribution in [-0.4, -0.2) is 29.8 Å². The van der Waals surface area contributed by atoms with Gasteiger partial charge in [0.15, 0.2) is 0 Å². The van der Waals surface area contributed by atoms with Gasteiger partial charge in [-0.25, -0.2) is 0 Å². The summed E-state index contributed by atoms with van der Waals surface area (Å²) in [5.74, 6) is -0.556. The van der Waals surface area contributed by atoms with Crippen LogP contribution in [0.25, 0.3) is 0 Å². The summed E-state index contributed by atoms with van der Waals surface area (Å²) >= 11 is 21.4. The van der Waals surface area contributed by atoms with Gasteiger partial charge in [-0.1, -0.05) is 53.0 Å². The molecule has 10 heteroatoms. The molecule has 5 nitrogen and oxygen atoms in total. The van der Waals surface area contributed by atoms with Crippen LogP contribution in [-0.2, 0) is 16.8 Å². The van der Waals surface area contributed by atoms with Crippen molar-refractivity contribution in [3.8, 4) is 0 Å². The van der Waals surface area contributed by atoms with Crippen molar-refractivity contribution in [2.45, 2.75) is 18.9 Å². The van der Waals surface area contributed by atoms with Gasteiger partial charge in [-0.15, -0.1) is 6.54 Å². The van der Waals surface area contributed by atoms with E-state index in [-0.39, 0.29) is 66.5 Å². The van der Waals surface area contributed by atoms with Gasteiger partial charge < -0.3 is 22.5 Å². The van der Waals surface area contributed by atoms with Crippen molar-refractivity contribution in [1.29, 1.82) is 0 Å². The molecule has 1 aliphatic rings. The Balaban J connectivity index is 0.00000361. The molecule has 0 radical (unpaired) electrons. The molecule has 1 atom stereocenters. The van der Waals surface area contributed by atoms with E-state index in [1.165, 1.54) is 6.07 Å². The molecule has 0 aliphatic carbocycles. The zero-order chi connectivity index (χ0) is 25.3. The van der Waals surface area contributed by atoms with Crippen molar-refractivity contribution in [2.75, 3.05) is 23.7 Å². The summed E-state index contributed by atoms with van der Waals surface area (Å²) in [4.78, 5) is 28.7. The first kappa shape index (κ1) is 29.6. The number of nitrogens with one attached hydrogen (secondary N) is 2. The monoisotopic (exact) mass is 878 g/mol. The molecule has 0 bridgehead atoms. The molecule has 0 saturated heterocycles. The predicted molar refractivity (Wildman–Crippen MR) is 152 cm³/mol. The van der Waals surface area contributed by atoms with Gasteiger partial charge in [0.2, 0.25) is 0 Å². The third-order valence-electron chi connectivity index (χ3n) is 5.99. The molecule has 1 heterocycles. The van der Waals surface area contributed by atoms with Crippen LogP contribution in [0.2, 0.25) is 15.1 Å². The van der Waals surface area contributed by atoms with E-state index in [4.69, 9.17) is 34.8 Å². The van der Waals surface area contributed by atoms with Crippen LogP contribution in [0.3, 0.4) is 0 Å². The normalized spacial score (nSPS) is 16.1. The Kier molecular flexibility index (Phi) is 10.1. The van der Waals surface area contributed by atoms with Gasteiger partial charge >= 0.3 is 0 Å². The second-order valence-electron chi connectivity index (χ2n) is 8.18. The SMILES string of the molecule is [CH2-]CN(CC)C(=O)c1c(Cl)cc(Cl)cc1NC1(Cc2cccc(Cl)c2)C(=O)Nc2cc(I)ccc21.[U]. The molecular weight excluding hydrogens is 858 g/mol. The van der Waals surface area contributed by atoms with E-state index < -0.39 is 5.54 Å². The topological polar surface area (TPSA) is 61.4 Å². The molecule has 0 saturated carbocycles. The summed E-state index contributed by atoms with van der Waals surface area (Å²) in [6, 6.07) is 16.2. The minimum absolute atomic E-state index is 0. The molecule has 4 rings (SSSR count). The van der Waals surface area contributed by atoms with Gasteiger partial charge in [0.25, 0.3) is 11.8 Å². The first-order valence-electron chi connectivity index (χ1n) is 10.9. The van der Waals surface area contributed by atoms with Crippen LogP contribution in [0.15, 0.2) is 54.6 Å². The smallest absolute Gasteiger partial charge is 0.255 e. The Bertz CT molecular complexity index is 1320. The molecule has 36 heavy (non-hydrogen) atoms. The summed E-state index contributed by atoms with van der Waals surface area (Å²) in [6.45, 7) is 6.44. The maximum atomic E-state index is 13.7. The minimum atomic E-state index is -1.24. The number of carbonyl (C=O) groups is 2. The zero-order valence-electron chi connectivity index (χ0n) is 19.3. The van der Waals surface area contributed by atoms with E-state index in [9.17, 15) is 9.59 Å². The molecule has 0 fully saturated rings. The fraction of sp³-hybridized carbons (Fsp3) is 0.192. The Morgan fingerprint density at radius 1 is 1.11 bits per heavy atom. The van der Waals surface area contributed by atoms with Crippen molar-refractivity contribution >= 4 is 80.6 Å². The fourth-order valence-electron chi connectivity index (χ4n) is 4.32. The quantitative estimate of drug-likeness (QED) is 0.198. The number of amides is 2. The Morgan fingerprint density at radius 2 is 1.86 bits per heavy atom. The number of hydrogen-bond acceptors (Lipinski definition) is 3. The van der Waals surface area contributed by atoms with E-state index in [1.54, 1.807) is 17.0 Å². The van der Waals surface area contributed by atoms with Crippen LogP contribution in [0.1, 0.15) is 28.4 Å². The average Bonchev–Trinajstić information content (AvgIpc) is 3.04. The van der Waals surface area contributed by atoms with Gasteiger partial charge in [-0.3, -0.25) is 9.59 Å². The number of anilines is 2. The van der Waals surface area contributed by atoms with Crippen molar-refractivity contribution in [3.63, 3.8) is 0 Å². The van der Waals surface area contributed by atoms with Crippen molar-refractivity contribution in [3.05, 3.63) is 96.8 Å². The Labute approximate surface area is 263 Å². The molecule has 3 aromatic rings. The second kappa shape index (κ2) is 12.3. The summed E-state index contributed by atoms with van der Waals surface area (Å²) < 4.78 is 0.982. The third-order valence-corrected chi connectivity index (χ3v) is 7.41. The van der Waals surface area contributed by atoms with Crippen LogP contribution in [0, 0.1) is 41.6 Å². The molecular formula is C26H22Cl3IN3O2U-. The number of hydrogen-bond donors (Lipinski definition) is 2. The number of nitrogens with zero attached hydrogens (tertiary/aromatic N) is 1. The molecule has 1 unspecified atom stereocenters. The summed E-state index contributed by atoms with van der Waals surface area (Å²) in [5.41, 5.74) is 1.66. The standard InChI is InChI=1S/C26H22Cl3IN3O2.U/c1-3-33(4-2)24(34)23-20(29)11-17(28)12-22(23)32-26(14-15-6-5-7-16(27)10-15)19-9-8-18(30)13-21(19)31-25(26)35;/h5-13,32H,1,3-4,14H2,2H3,(H,31,35);/q-1;. The van der Waals surface area contributed by atoms with Gasteiger partial charge in [0.1, 0.15) is 5.54 Å². The number of rotatable bonds is 7. The van der Waals surface area contributed by atoms with E-state index in [1.807, 2.05) is 43.3 Å². The van der Waals surface area contributed by atoms with Gasteiger partial charge in [0, 0.05) is 68.9 Å². The fourth-order valence-corrected chi connectivity index (χ4v) is 5.60. The first-order valence-corrected chi connectivity index (χ1v) is 13.1. The van der Waals surface area contributed by atoms with Crippen LogP contribution < -0.4 is 10.6 Å². The molecule has 3 aromatic carbocycles. The second-order valence-corrected chi connectivity index (χ2v) is 10.7. The maximum Gasteiger partial charge on any atom is 0.255 e. The number of halogens is 4. The third kappa shape index (κ3) is 5.87. The van der Waals surface area contributed by atoms with Crippen molar-refractivity contribution < 1.29 is 40.7 Å². The number of carbonyl (C=O) groups excluding carboxylic acids is 2. The summed E-state index contributed by atoms with van der Waals surface area (Å²) in [7, 11) is 0. The molecule has 2 amide bonds. The van der Waals surface area contributed by atoms with Crippen LogP contribution in [0.5, 0.6) is 0 Å². The maximum absolute atomic E-state index is 13.7. The van der Waals surface area contributed by atoms with E-state index in [0.29, 0.717) is 28.0 Å². The summed E-state index contributed by atoms with van der Waals surface area (Å²) in [6.07, 6.45) is 0.275. The molecule has 2 N–H and O–H groups in total. The van der Waals surface area contributed by atoms with Gasteiger partial charge in [-0.2, -0.15) is 0 Å². The molecule has 186 valence electrons. The zero-order valence-corrected chi connectivity index (χ0v) is 27.9. The van der Waals surface area contributed by atoms with E-state index >= 15 is 0 Å². The number of benzene rings is 3. The van der Waals surface area contributed by atoms with E-state index in [0.717, 1.165) is 14.7 Å². The first-order chi connectivity index (χ1) is 16.7. The Morgan fingerprint density at radius 3 is 2.53 bits per heavy atom. The van der Waals surface area contributed by atoms with Crippen molar-refractivity contribution in [1.82, 2.24) is 4.90 Å². The van der Waals surface area contributed by atoms with E-state index in [2.05, 4.69) is 40.1 Å². The van der Waals surface area contributed by atoms with Crippen LogP contribution >= 0.6 is 57.4 Å². The van der Waals surface area contributed by atoms with Crippen molar-refractivity contribution in [2.24, 2.45) is 0 Å². The predicted octanol–water partition coefficient (Wildman–Crippen LogP) is 7.05. The minimum Gasteiger partial charge on any atom is -0.369 e. The van der Waals surface area contributed by atoms with Gasteiger partial charge in [0.05, 0.1) is 16.3 Å². The average molecular weight is 880 g/mol. The Hall–Kier alpha value is -0.948. The molecule has 0 spiro atoms. The number of fused-ring (bicyclic) bond motifs is 1. The van der Waals surface area contributed by atoms with Crippen LogP contribution in [0.4, 0.5) is 11.4 Å².